The van der Waals surface area contributed by atoms with Crippen LogP contribution in [0.2, 0.25) is 0 Å². The van der Waals surface area contributed by atoms with Crippen LogP contribution < -0.4 is 0 Å². The van der Waals surface area contributed by atoms with E-state index in [2.05, 4.69) is 6.92 Å². The molecule has 25 heavy (non-hydrogen) atoms. The van der Waals surface area contributed by atoms with Crippen molar-refractivity contribution in [2.24, 2.45) is 0 Å². The van der Waals surface area contributed by atoms with Crippen LogP contribution in [0.25, 0.3) is 18.2 Å². The predicted octanol–water partition coefficient (Wildman–Crippen LogP) is 6.54. The zero-order chi connectivity index (χ0) is 18.0. The van der Waals surface area contributed by atoms with E-state index in [0.29, 0.717) is 11.1 Å². The number of benzene rings is 2. The molecule has 0 atom stereocenters. The van der Waals surface area contributed by atoms with Crippen molar-refractivity contribution in [2.75, 3.05) is 0 Å². The van der Waals surface area contributed by atoms with Gasteiger partial charge in [0.05, 0.1) is 0 Å². The minimum Gasteiger partial charge on any atom is -0.206 e. The molecule has 0 N–H and O–H groups in total. The highest BCUT2D eigenvalue weighted by molar-refractivity contribution is 5.74. The van der Waals surface area contributed by atoms with Crippen molar-refractivity contribution in [2.45, 2.75) is 32.6 Å². The molecule has 2 aromatic rings. The maximum absolute atomic E-state index is 14.7. The van der Waals surface area contributed by atoms with E-state index >= 15 is 0 Å². The van der Waals surface area contributed by atoms with Gasteiger partial charge < -0.3 is 0 Å². The number of hydrogen-bond donors (Lipinski definition) is 0. The van der Waals surface area contributed by atoms with Gasteiger partial charge in [-0.3, -0.25) is 0 Å². The van der Waals surface area contributed by atoms with Crippen LogP contribution in [0.3, 0.4) is 0 Å². The summed E-state index contributed by atoms with van der Waals surface area (Å²) in [5.74, 6) is -4.39. The van der Waals surface area contributed by atoms with Crippen LogP contribution in [0.15, 0.2) is 29.8 Å². The topological polar surface area (TPSA) is 0 Å². The summed E-state index contributed by atoms with van der Waals surface area (Å²) >= 11 is 0. The van der Waals surface area contributed by atoms with Gasteiger partial charge in [0, 0.05) is 11.1 Å². The molecule has 0 spiro atoms. The molecule has 0 aromatic heterocycles. The van der Waals surface area contributed by atoms with E-state index in [1.807, 2.05) is 12.1 Å². The molecule has 1 aliphatic rings. The van der Waals surface area contributed by atoms with Gasteiger partial charge in [-0.1, -0.05) is 49.3 Å². The van der Waals surface area contributed by atoms with Crippen molar-refractivity contribution >= 4 is 18.2 Å². The number of fused-ring (bicyclic) bond motifs is 1. The molecule has 130 valence electrons. The van der Waals surface area contributed by atoms with Crippen LogP contribution in [-0.4, -0.2) is 0 Å². The van der Waals surface area contributed by atoms with E-state index in [4.69, 9.17) is 0 Å². The van der Waals surface area contributed by atoms with Crippen molar-refractivity contribution < 1.29 is 17.6 Å². The molecule has 0 unspecified atom stereocenters. The summed E-state index contributed by atoms with van der Waals surface area (Å²) in [5, 5.41) is 0. The largest absolute Gasteiger partial charge is 0.206 e. The molecule has 0 nitrogen and oxygen atoms in total. The molecule has 3 rings (SSSR count). The molecule has 0 aliphatic heterocycles. The zero-order valence-corrected chi connectivity index (χ0v) is 13.9. The zero-order valence-electron chi connectivity index (χ0n) is 13.9. The first-order chi connectivity index (χ1) is 12.0. The lowest BCUT2D eigenvalue weighted by Crippen LogP contribution is -1.92. The van der Waals surface area contributed by atoms with Crippen LogP contribution in [0.1, 0.15) is 48.4 Å². The van der Waals surface area contributed by atoms with Gasteiger partial charge in [-0.15, -0.1) is 0 Å². The Balaban J connectivity index is 1.87. The maximum Gasteiger partial charge on any atom is 0.194 e. The molecule has 0 amide bonds. The summed E-state index contributed by atoms with van der Waals surface area (Å²) in [6.07, 6.45) is 8.61. The van der Waals surface area contributed by atoms with Crippen LogP contribution in [0.4, 0.5) is 17.6 Å². The number of unbranched alkanes of at least 4 members (excludes halogenated alkanes) is 1. The van der Waals surface area contributed by atoms with Gasteiger partial charge in [0.2, 0.25) is 0 Å². The van der Waals surface area contributed by atoms with Gasteiger partial charge in [0.1, 0.15) is 5.82 Å². The normalized spacial score (nSPS) is 13.4. The van der Waals surface area contributed by atoms with Crippen molar-refractivity contribution in [3.63, 3.8) is 0 Å². The van der Waals surface area contributed by atoms with Crippen LogP contribution >= 0.6 is 0 Å². The van der Waals surface area contributed by atoms with E-state index in [1.165, 1.54) is 17.7 Å². The fourth-order valence-corrected chi connectivity index (χ4v) is 3.01. The molecule has 1 aliphatic carbocycles. The second-order valence-electron chi connectivity index (χ2n) is 6.26. The number of rotatable bonds is 5. The summed E-state index contributed by atoms with van der Waals surface area (Å²) in [4.78, 5) is 0. The molecular weight excluding hydrogens is 328 g/mol. The first-order valence-corrected chi connectivity index (χ1v) is 8.33. The van der Waals surface area contributed by atoms with Crippen molar-refractivity contribution in [3.8, 4) is 0 Å². The summed E-state index contributed by atoms with van der Waals surface area (Å²) in [5.41, 5.74) is 3.23. The van der Waals surface area contributed by atoms with Gasteiger partial charge in [-0.05, 0) is 42.5 Å². The average molecular weight is 346 g/mol. The fourth-order valence-electron chi connectivity index (χ4n) is 3.01. The number of allylic oxidation sites excluding steroid dienone is 1. The third-order valence-corrected chi connectivity index (χ3v) is 4.38. The predicted molar refractivity (Wildman–Crippen MR) is 92.9 cm³/mol. The smallest absolute Gasteiger partial charge is 0.194 e. The third kappa shape index (κ3) is 3.68. The van der Waals surface area contributed by atoms with Crippen LogP contribution in [-0.2, 0) is 6.42 Å². The molecular formula is C21H18F4. The Bertz CT molecular complexity index is 839. The van der Waals surface area contributed by atoms with E-state index in [1.54, 1.807) is 6.07 Å². The molecule has 0 bridgehead atoms. The Labute approximate surface area is 144 Å². The quantitative estimate of drug-likeness (QED) is 0.327. The Morgan fingerprint density at radius 2 is 1.68 bits per heavy atom. The van der Waals surface area contributed by atoms with E-state index in [9.17, 15) is 17.6 Å². The second-order valence-corrected chi connectivity index (χ2v) is 6.26. The Morgan fingerprint density at radius 1 is 0.960 bits per heavy atom. The lowest BCUT2D eigenvalue weighted by atomic mass is 10.0. The monoisotopic (exact) mass is 346 g/mol. The number of hydrogen-bond acceptors (Lipinski definition) is 0. The van der Waals surface area contributed by atoms with Gasteiger partial charge >= 0.3 is 0 Å². The molecule has 0 radical (unpaired) electrons. The minimum absolute atomic E-state index is 0.135. The Hall–Kier alpha value is -2.36. The highest BCUT2D eigenvalue weighted by atomic mass is 19.2. The van der Waals surface area contributed by atoms with Gasteiger partial charge in [0.15, 0.2) is 17.5 Å². The standard InChI is InChI=1S/C21H18F4/c1-2-3-4-13-9-16-8-7-15(20(24)17(16)10-13)6-5-14-11-18(22)21(25)19(23)12-14/h5-8,10-12H,2-4,9H2,1H3/b6-5+. The minimum atomic E-state index is -1.51. The summed E-state index contributed by atoms with van der Waals surface area (Å²) < 4.78 is 54.1. The molecule has 4 heteroatoms. The molecule has 0 saturated carbocycles. The van der Waals surface area contributed by atoms with Crippen molar-refractivity contribution in [1.29, 1.82) is 0 Å². The summed E-state index contributed by atoms with van der Waals surface area (Å²) in [7, 11) is 0. The SMILES string of the molecule is CCCCC1=Cc2c(ccc(/C=C/c3cc(F)c(F)c(F)c3)c2F)C1. The summed E-state index contributed by atoms with van der Waals surface area (Å²) in [6.45, 7) is 2.12. The molecule has 0 fully saturated rings. The lowest BCUT2D eigenvalue weighted by molar-refractivity contribution is 0.447. The molecule has 2 aromatic carbocycles. The highest BCUT2D eigenvalue weighted by Crippen LogP contribution is 2.32. The van der Waals surface area contributed by atoms with Gasteiger partial charge in [0.25, 0.3) is 0 Å². The second kappa shape index (κ2) is 7.26. The third-order valence-electron chi connectivity index (χ3n) is 4.38. The van der Waals surface area contributed by atoms with Gasteiger partial charge in [-0.25, -0.2) is 17.6 Å². The number of halogens is 4. The highest BCUT2D eigenvalue weighted by Gasteiger charge is 2.17. The molecule has 0 saturated heterocycles. The first-order valence-electron chi connectivity index (χ1n) is 8.33. The van der Waals surface area contributed by atoms with E-state index in [0.717, 1.165) is 43.4 Å². The fraction of sp³-hybridized carbons (Fsp3) is 0.238. The average Bonchev–Trinajstić information content (AvgIpc) is 3.01. The van der Waals surface area contributed by atoms with E-state index in [-0.39, 0.29) is 11.4 Å². The lowest BCUT2D eigenvalue weighted by Gasteiger charge is -2.04. The Kier molecular flexibility index (Phi) is 5.07. The first kappa shape index (κ1) is 17.5. The summed E-state index contributed by atoms with van der Waals surface area (Å²) in [6, 6.07) is 5.28. The van der Waals surface area contributed by atoms with E-state index < -0.39 is 17.5 Å². The van der Waals surface area contributed by atoms with Gasteiger partial charge in [-0.2, -0.15) is 0 Å². The van der Waals surface area contributed by atoms with Crippen molar-refractivity contribution in [3.05, 3.63) is 75.4 Å². The van der Waals surface area contributed by atoms with Crippen molar-refractivity contribution in [1.82, 2.24) is 0 Å². The maximum atomic E-state index is 14.7. The Morgan fingerprint density at radius 3 is 2.36 bits per heavy atom. The molecule has 0 heterocycles. The van der Waals surface area contributed by atoms with Crippen LogP contribution in [0, 0.1) is 23.3 Å². The van der Waals surface area contributed by atoms with Crippen LogP contribution in [0.5, 0.6) is 0 Å².